The Balaban J connectivity index is 0.884. The molecule has 17 heteroatoms. The highest BCUT2D eigenvalue weighted by molar-refractivity contribution is 6.14. The summed E-state index contributed by atoms with van der Waals surface area (Å²) in [4.78, 5) is 58.8. The Kier molecular flexibility index (Phi) is 10.5. The van der Waals surface area contributed by atoms with Gasteiger partial charge in [-0.15, -0.1) is 5.10 Å². The molecule has 9 rings (SSSR count). The first-order valence-corrected chi connectivity index (χ1v) is 20.6. The van der Waals surface area contributed by atoms with Crippen molar-refractivity contribution in [2.45, 2.75) is 64.0 Å². The molecule has 2 saturated heterocycles. The van der Waals surface area contributed by atoms with Crippen LogP contribution in [0.15, 0.2) is 61.1 Å². The van der Waals surface area contributed by atoms with Crippen LogP contribution in [0.2, 0.25) is 0 Å². The lowest BCUT2D eigenvalue weighted by atomic mass is 9.82. The van der Waals surface area contributed by atoms with E-state index >= 15 is 13.2 Å². The van der Waals surface area contributed by atoms with Crippen molar-refractivity contribution in [2.75, 3.05) is 55.6 Å². The molecule has 1 unspecified atom stereocenters. The number of imide groups is 1. The fourth-order valence-corrected chi connectivity index (χ4v) is 9.36. The van der Waals surface area contributed by atoms with Gasteiger partial charge in [-0.1, -0.05) is 23.4 Å². The molecule has 2 N–H and O–H groups in total. The second-order valence-electron chi connectivity index (χ2n) is 16.6. The number of carbonyl (C=O) groups excluding carboxylic acids is 4. The molecule has 1 atom stereocenters. The Labute approximate surface area is 349 Å². The zero-order valence-corrected chi connectivity index (χ0v) is 33.9. The molecular formula is C44H45F3N10O4. The Morgan fingerprint density at radius 3 is 2.51 bits per heavy atom. The van der Waals surface area contributed by atoms with Gasteiger partial charge >= 0.3 is 0 Å². The van der Waals surface area contributed by atoms with E-state index in [2.05, 4.69) is 30.7 Å². The van der Waals surface area contributed by atoms with Gasteiger partial charge in [0.05, 0.1) is 30.0 Å². The van der Waals surface area contributed by atoms with Gasteiger partial charge in [-0.25, -0.2) is 13.2 Å². The number of halogens is 3. The average Bonchev–Trinajstić information content (AvgIpc) is 4.02. The molecule has 2 aromatic heterocycles. The van der Waals surface area contributed by atoms with Gasteiger partial charge in [-0.3, -0.25) is 44.1 Å². The molecule has 316 valence electrons. The number of hydrogen-bond acceptors (Lipinski definition) is 9. The van der Waals surface area contributed by atoms with E-state index in [0.717, 1.165) is 11.1 Å². The van der Waals surface area contributed by atoms with Crippen LogP contribution in [0.3, 0.4) is 0 Å². The van der Waals surface area contributed by atoms with Crippen molar-refractivity contribution in [1.29, 1.82) is 0 Å². The molecule has 0 saturated carbocycles. The average molecular weight is 835 g/mol. The first-order valence-electron chi connectivity index (χ1n) is 20.6. The molecule has 4 aliphatic heterocycles. The Hall–Kier alpha value is -6.36. The van der Waals surface area contributed by atoms with Crippen LogP contribution in [0.25, 0.3) is 27.6 Å². The maximum absolute atomic E-state index is 16.3. The number of anilines is 2. The van der Waals surface area contributed by atoms with E-state index in [0.29, 0.717) is 75.3 Å². The number of fused-ring (bicyclic) bond motifs is 2. The summed E-state index contributed by atoms with van der Waals surface area (Å²) in [6, 6.07) is 9.61. The molecule has 0 bridgehead atoms. The van der Waals surface area contributed by atoms with Crippen LogP contribution >= 0.6 is 0 Å². The minimum Gasteiger partial charge on any atom is -0.367 e. The summed E-state index contributed by atoms with van der Waals surface area (Å²) in [6.45, 7) is 7.47. The van der Waals surface area contributed by atoms with Crippen molar-refractivity contribution in [1.82, 2.24) is 40.3 Å². The summed E-state index contributed by atoms with van der Waals surface area (Å²) in [5, 5.41) is 17.1. The predicted octanol–water partition coefficient (Wildman–Crippen LogP) is 4.74. The van der Waals surface area contributed by atoms with Crippen LogP contribution < -0.4 is 15.1 Å². The number of carbonyl (C=O) groups is 4. The van der Waals surface area contributed by atoms with Gasteiger partial charge in [0.25, 0.3) is 0 Å². The molecular weight excluding hydrogens is 790 g/mol. The number of aryl methyl sites for hydroxylation is 1. The third kappa shape index (κ3) is 7.23. The van der Waals surface area contributed by atoms with Crippen LogP contribution in [0.5, 0.6) is 0 Å². The number of aromatic amines is 1. The zero-order valence-electron chi connectivity index (χ0n) is 33.9. The van der Waals surface area contributed by atoms with Gasteiger partial charge in [-0.2, -0.15) is 5.10 Å². The van der Waals surface area contributed by atoms with E-state index in [1.165, 1.54) is 24.5 Å². The summed E-state index contributed by atoms with van der Waals surface area (Å²) >= 11 is 0. The third-order valence-corrected chi connectivity index (χ3v) is 12.6. The van der Waals surface area contributed by atoms with Gasteiger partial charge in [0.2, 0.25) is 23.6 Å². The van der Waals surface area contributed by atoms with Gasteiger partial charge in [0.15, 0.2) is 17.5 Å². The number of piperidine rings is 1. The molecule has 3 aromatic carbocycles. The van der Waals surface area contributed by atoms with Crippen LogP contribution in [-0.2, 0) is 37.6 Å². The summed E-state index contributed by atoms with van der Waals surface area (Å²) in [5.74, 6) is -3.73. The van der Waals surface area contributed by atoms with Gasteiger partial charge in [0.1, 0.15) is 11.6 Å². The molecule has 4 aliphatic rings. The molecule has 5 aromatic rings. The number of benzene rings is 3. The fourth-order valence-electron chi connectivity index (χ4n) is 9.36. The SMILES string of the molecule is CC1(C)C(=O)N(C2CCC(=O)NC2=O)c2cccc(CCN3CCN(c4ccc(-c5cc(C6=CCCN(C(=O)CCn7ccnn7)C6)c(F)c6[nH]ncc56)c(F)c4F)CC3)c21. The minimum absolute atomic E-state index is 0.0299. The fraction of sp³-hybridized carbons (Fsp3) is 0.386. The third-order valence-electron chi connectivity index (χ3n) is 12.6. The summed E-state index contributed by atoms with van der Waals surface area (Å²) in [5.41, 5.74) is 2.89. The number of rotatable bonds is 10. The molecule has 61 heavy (non-hydrogen) atoms. The lowest BCUT2D eigenvalue weighted by Crippen LogP contribution is -2.55. The van der Waals surface area contributed by atoms with E-state index in [9.17, 15) is 19.2 Å². The maximum Gasteiger partial charge on any atom is 0.249 e. The second-order valence-corrected chi connectivity index (χ2v) is 16.6. The number of nitrogens with zero attached hydrogens (tertiary/aromatic N) is 8. The number of H-pyrrole nitrogens is 1. The predicted molar refractivity (Wildman–Crippen MR) is 221 cm³/mol. The molecule has 4 amide bonds. The standard InChI is InChI=1S/C44H45F3N10O4/c1-44(2)37-26(5-3-7-32(37)57(43(44)61)34-10-11-35(58)50-42(34)60)12-16-53-19-21-54(22-20-53)33-9-8-28(38(45)40(33)47)30-23-29(39(46)41-31(30)24-49-51-41)27-6-4-15-55(25-27)36(59)13-17-56-18-14-48-52-56/h3,5-9,14,18,23-24,34H,4,10-13,15-17,19-22,25H2,1-2H3,(H,49,51)(H,50,58,60). The summed E-state index contributed by atoms with van der Waals surface area (Å²) in [6.07, 6.45) is 8.26. The first-order chi connectivity index (χ1) is 29.4. The smallest absolute Gasteiger partial charge is 0.249 e. The number of piperazine rings is 1. The van der Waals surface area contributed by atoms with Crippen molar-refractivity contribution >= 4 is 51.5 Å². The number of amides is 4. The topological polar surface area (TPSA) is 153 Å². The molecule has 6 heterocycles. The largest absolute Gasteiger partial charge is 0.367 e. The molecule has 0 spiro atoms. The Bertz CT molecular complexity index is 2600. The van der Waals surface area contributed by atoms with Crippen molar-refractivity contribution in [3.63, 3.8) is 0 Å². The quantitative estimate of drug-likeness (QED) is 0.190. The molecule has 0 aliphatic carbocycles. The lowest BCUT2D eigenvalue weighted by molar-refractivity contribution is -0.136. The van der Waals surface area contributed by atoms with E-state index in [1.807, 2.05) is 43.0 Å². The van der Waals surface area contributed by atoms with Crippen molar-refractivity contribution < 1.29 is 32.3 Å². The Morgan fingerprint density at radius 2 is 1.74 bits per heavy atom. The highest BCUT2D eigenvalue weighted by Gasteiger charge is 2.50. The highest BCUT2D eigenvalue weighted by Crippen LogP contribution is 2.46. The molecule has 2 fully saturated rings. The lowest BCUT2D eigenvalue weighted by Gasteiger charge is -2.36. The maximum atomic E-state index is 16.3. The van der Waals surface area contributed by atoms with Crippen LogP contribution in [0, 0.1) is 17.5 Å². The van der Waals surface area contributed by atoms with Crippen LogP contribution in [0.4, 0.5) is 24.5 Å². The normalized spacial score (nSPS) is 19.4. The minimum atomic E-state index is -1.05. The van der Waals surface area contributed by atoms with Crippen LogP contribution in [0.1, 0.15) is 56.2 Å². The zero-order chi connectivity index (χ0) is 42.6. The van der Waals surface area contributed by atoms with Gasteiger partial charge in [-0.05, 0) is 79.6 Å². The number of nitrogens with one attached hydrogen (secondary N) is 2. The highest BCUT2D eigenvalue weighted by atomic mass is 19.2. The number of aromatic nitrogens is 5. The van der Waals surface area contributed by atoms with E-state index < -0.39 is 34.8 Å². The molecule has 14 nitrogen and oxygen atoms in total. The monoisotopic (exact) mass is 834 g/mol. The van der Waals surface area contributed by atoms with E-state index in [-0.39, 0.29) is 71.4 Å². The van der Waals surface area contributed by atoms with Gasteiger partial charge in [0, 0.05) is 87.1 Å². The van der Waals surface area contributed by atoms with Crippen LogP contribution in [-0.4, -0.2) is 110 Å². The molecule has 0 radical (unpaired) electrons. The van der Waals surface area contributed by atoms with Crippen molar-refractivity contribution in [2.24, 2.45) is 0 Å². The summed E-state index contributed by atoms with van der Waals surface area (Å²) < 4.78 is 50.1. The second kappa shape index (κ2) is 15.9. The van der Waals surface area contributed by atoms with Crippen molar-refractivity contribution in [3.8, 4) is 11.1 Å². The van der Waals surface area contributed by atoms with Gasteiger partial charge < -0.3 is 9.80 Å². The Morgan fingerprint density at radius 1 is 0.918 bits per heavy atom. The first kappa shape index (κ1) is 40.1. The van der Waals surface area contributed by atoms with E-state index in [1.54, 1.807) is 26.7 Å². The van der Waals surface area contributed by atoms with E-state index in [4.69, 9.17) is 0 Å². The number of hydrogen-bond donors (Lipinski definition) is 2. The summed E-state index contributed by atoms with van der Waals surface area (Å²) in [7, 11) is 0. The van der Waals surface area contributed by atoms with Crippen molar-refractivity contribution in [3.05, 3.63) is 95.2 Å².